The molecule has 0 radical (unpaired) electrons. The van der Waals surface area contributed by atoms with Crippen LogP contribution in [0, 0.1) is 10.1 Å². The van der Waals surface area contributed by atoms with Gasteiger partial charge in [-0.3, -0.25) is 10.1 Å². The molecule has 1 aromatic carbocycles. The van der Waals surface area contributed by atoms with E-state index in [0.717, 1.165) is 0 Å². The number of hydrogen-bond donors (Lipinski definition) is 0. The standard InChI is InChI=1S/C10H12BrNO4/c1-3-15-9-6-8(12(13)14)10(16-4-2)5-7(9)11/h5-6H,3-4H2,1-2H3. The zero-order valence-corrected chi connectivity index (χ0v) is 10.6. The lowest BCUT2D eigenvalue weighted by Gasteiger charge is -2.09. The second kappa shape index (κ2) is 5.69. The normalized spacial score (nSPS) is 9.94. The number of benzene rings is 1. The van der Waals surface area contributed by atoms with Gasteiger partial charge in [-0.25, -0.2) is 0 Å². The minimum absolute atomic E-state index is 0.0894. The van der Waals surface area contributed by atoms with E-state index in [1.54, 1.807) is 13.0 Å². The van der Waals surface area contributed by atoms with Gasteiger partial charge in [0.1, 0.15) is 5.75 Å². The molecule has 0 aromatic heterocycles. The van der Waals surface area contributed by atoms with Gasteiger partial charge in [-0.05, 0) is 29.8 Å². The minimum atomic E-state index is -0.486. The third-order valence-corrected chi connectivity index (χ3v) is 2.43. The monoisotopic (exact) mass is 289 g/mol. The van der Waals surface area contributed by atoms with Gasteiger partial charge in [-0.1, -0.05) is 0 Å². The van der Waals surface area contributed by atoms with Crippen LogP contribution in [0.3, 0.4) is 0 Å². The average molecular weight is 290 g/mol. The highest BCUT2D eigenvalue weighted by Gasteiger charge is 2.19. The number of hydrogen-bond acceptors (Lipinski definition) is 4. The van der Waals surface area contributed by atoms with E-state index in [1.165, 1.54) is 6.07 Å². The molecule has 0 atom stereocenters. The Kier molecular flexibility index (Phi) is 4.54. The predicted molar refractivity (Wildman–Crippen MR) is 63.1 cm³/mol. The van der Waals surface area contributed by atoms with Gasteiger partial charge in [0.25, 0.3) is 0 Å². The molecule has 16 heavy (non-hydrogen) atoms. The molecule has 0 aliphatic rings. The molecule has 0 bridgehead atoms. The number of nitrogens with zero attached hydrogens (tertiary/aromatic N) is 1. The number of halogens is 1. The molecular weight excluding hydrogens is 278 g/mol. The molecule has 0 heterocycles. The van der Waals surface area contributed by atoms with Crippen LogP contribution in [0.1, 0.15) is 13.8 Å². The summed E-state index contributed by atoms with van der Waals surface area (Å²) in [5.41, 5.74) is -0.0894. The first-order chi connectivity index (χ1) is 7.60. The Labute approximate surface area is 102 Å². The summed E-state index contributed by atoms with van der Waals surface area (Å²) in [6, 6.07) is 2.91. The van der Waals surface area contributed by atoms with Gasteiger partial charge in [0.05, 0.1) is 28.7 Å². The second-order valence-electron chi connectivity index (χ2n) is 2.87. The molecule has 5 nitrogen and oxygen atoms in total. The summed E-state index contributed by atoms with van der Waals surface area (Å²) in [7, 11) is 0. The summed E-state index contributed by atoms with van der Waals surface area (Å²) in [6.07, 6.45) is 0. The van der Waals surface area contributed by atoms with E-state index in [2.05, 4.69) is 15.9 Å². The lowest BCUT2D eigenvalue weighted by Crippen LogP contribution is -2.00. The van der Waals surface area contributed by atoms with Crippen molar-refractivity contribution < 1.29 is 14.4 Å². The van der Waals surface area contributed by atoms with E-state index in [1.807, 2.05) is 6.92 Å². The molecule has 6 heteroatoms. The highest BCUT2D eigenvalue weighted by molar-refractivity contribution is 9.10. The van der Waals surface area contributed by atoms with Gasteiger partial charge >= 0.3 is 5.69 Å². The summed E-state index contributed by atoms with van der Waals surface area (Å²) in [5.74, 6) is 0.681. The molecule has 1 rings (SSSR count). The van der Waals surface area contributed by atoms with Gasteiger partial charge in [0.15, 0.2) is 5.75 Å². The third-order valence-electron chi connectivity index (χ3n) is 1.81. The Morgan fingerprint density at radius 2 is 1.81 bits per heavy atom. The van der Waals surface area contributed by atoms with Gasteiger partial charge in [-0.2, -0.15) is 0 Å². The van der Waals surface area contributed by atoms with Crippen LogP contribution in [0.4, 0.5) is 5.69 Å². The quantitative estimate of drug-likeness (QED) is 0.617. The van der Waals surface area contributed by atoms with E-state index in [4.69, 9.17) is 9.47 Å². The van der Waals surface area contributed by atoms with Gasteiger partial charge < -0.3 is 9.47 Å². The summed E-state index contributed by atoms with van der Waals surface area (Å²) in [4.78, 5) is 10.3. The maximum Gasteiger partial charge on any atom is 0.314 e. The van der Waals surface area contributed by atoms with Crippen molar-refractivity contribution in [2.24, 2.45) is 0 Å². The molecule has 0 spiro atoms. The van der Waals surface area contributed by atoms with Crippen LogP contribution in [0.5, 0.6) is 11.5 Å². The molecule has 0 saturated heterocycles. The van der Waals surface area contributed by atoms with E-state index in [0.29, 0.717) is 23.4 Å². The molecule has 0 saturated carbocycles. The second-order valence-corrected chi connectivity index (χ2v) is 3.73. The van der Waals surface area contributed by atoms with Crippen LogP contribution >= 0.6 is 15.9 Å². The van der Waals surface area contributed by atoms with Crippen LogP contribution in [-0.4, -0.2) is 18.1 Å². The predicted octanol–water partition coefficient (Wildman–Crippen LogP) is 3.15. The van der Waals surface area contributed by atoms with Crippen molar-refractivity contribution >= 4 is 21.6 Å². The van der Waals surface area contributed by atoms with Gasteiger partial charge in [0, 0.05) is 6.07 Å². The summed E-state index contributed by atoms with van der Waals surface area (Å²) in [6.45, 7) is 4.41. The molecule has 0 amide bonds. The highest BCUT2D eigenvalue weighted by Crippen LogP contribution is 2.37. The van der Waals surface area contributed by atoms with Crippen LogP contribution in [-0.2, 0) is 0 Å². The average Bonchev–Trinajstić information content (AvgIpc) is 2.22. The summed E-state index contributed by atoms with van der Waals surface area (Å²) >= 11 is 3.27. The van der Waals surface area contributed by atoms with Crippen molar-refractivity contribution in [3.05, 3.63) is 26.7 Å². The molecule has 1 aromatic rings. The first-order valence-corrected chi connectivity index (χ1v) is 5.63. The Bertz CT molecular complexity index is 395. The lowest BCUT2D eigenvalue weighted by atomic mass is 10.3. The van der Waals surface area contributed by atoms with Crippen molar-refractivity contribution in [3.8, 4) is 11.5 Å². The smallest absolute Gasteiger partial charge is 0.314 e. The zero-order chi connectivity index (χ0) is 12.1. The van der Waals surface area contributed by atoms with E-state index in [-0.39, 0.29) is 11.4 Å². The van der Waals surface area contributed by atoms with Crippen LogP contribution in [0.15, 0.2) is 16.6 Å². The van der Waals surface area contributed by atoms with Crippen molar-refractivity contribution in [2.45, 2.75) is 13.8 Å². The zero-order valence-electron chi connectivity index (χ0n) is 9.03. The molecule has 0 unspecified atom stereocenters. The maximum atomic E-state index is 10.8. The fourth-order valence-electron chi connectivity index (χ4n) is 1.20. The lowest BCUT2D eigenvalue weighted by molar-refractivity contribution is -0.385. The van der Waals surface area contributed by atoms with Crippen molar-refractivity contribution in [3.63, 3.8) is 0 Å². The van der Waals surface area contributed by atoms with E-state index < -0.39 is 4.92 Å². The molecular formula is C10H12BrNO4. The first-order valence-electron chi connectivity index (χ1n) is 4.83. The molecule has 0 fully saturated rings. The third kappa shape index (κ3) is 2.85. The van der Waals surface area contributed by atoms with Crippen LogP contribution in [0.2, 0.25) is 0 Å². The van der Waals surface area contributed by atoms with E-state index in [9.17, 15) is 10.1 Å². The number of ether oxygens (including phenoxy) is 2. The number of nitro benzene ring substituents is 1. The van der Waals surface area contributed by atoms with Crippen LogP contribution in [0.25, 0.3) is 0 Å². The van der Waals surface area contributed by atoms with Crippen molar-refractivity contribution in [2.75, 3.05) is 13.2 Å². The molecule has 88 valence electrons. The number of nitro groups is 1. The van der Waals surface area contributed by atoms with Crippen molar-refractivity contribution in [1.29, 1.82) is 0 Å². The fourth-order valence-corrected chi connectivity index (χ4v) is 1.64. The topological polar surface area (TPSA) is 61.6 Å². The Morgan fingerprint density at radius 1 is 1.25 bits per heavy atom. The van der Waals surface area contributed by atoms with Crippen molar-refractivity contribution in [1.82, 2.24) is 0 Å². The number of rotatable bonds is 5. The summed E-state index contributed by atoms with van der Waals surface area (Å²) in [5, 5.41) is 10.8. The molecule has 0 aliphatic carbocycles. The SMILES string of the molecule is CCOc1cc([N+](=O)[O-])c(OCC)cc1Br. The Balaban J connectivity index is 3.19. The minimum Gasteiger partial charge on any atom is -0.492 e. The molecule has 0 N–H and O–H groups in total. The fraction of sp³-hybridized carbons (Fsp3) is 0.400. The van der Waals surface area contributed by atoms with Gasteiger partial charge in [-0.15, -0.1) is 0 Å². The first kappa shape index (κ1) is 12.8. The van der Waals surface area contributed by atoms with E-state index >= 15 is 0 Å². The molecule has 0 aliphatic heterocycles. The summed E-state index contributed by atoms with van der Waals surface area (Å²) < 4.78 is 11.1. The largest absolute Gasteiger partial charge is 0.492 e. The highest BCUT2D eigenvalue weighted by atomic mass is 79.9. The Hall–Kier alpha value is -1.30. The maximum absolute atomic E-state index is 10.8. The Morgan fingerprint density at radius 3 is 2.31 bits per heavy atom. The van der Waals surface area contributed by atoms with Crippen LogP contribution < -0.4 is 9.47 Å². The van der Waals surface area contributed by atoms with Gasteiger partial charge in [0.2, 0.25) is 0 Å².